The quantitative estimate of drug-likeness (QED) is 0.0321. The van der Waals surface area contributed by atoms with Gasteiger partial charge < -0.3 is 20.3 Å². The third kappa shape index (κ3) is 46.5. The number of nitrogens with one attached hydrogen (secondary N) is 1. The number of rotatable bonds is 45. The molecular formula is C60H97NO5. The van der Waals surface area contributed by atoms with Crippen LogP contribution in [-0.2, 0) is 14.3 Å². The number of carbonyl (C=O) groups is 2. The van der Waals surface area contributed by atoms with E-state index in [0.717, 1.165) is 103 Å². The molecule has 0 saturated carbocycles. The van der Waals surface area contributed by atoms with E-state index in [-0.39, 0.29) is 31.3 Å². The van der Waals surface area contributed by atoms with Crippen LogP contribution in [0, 0.1) is 0 Å². The van der Waals surface area contributed by atoms with Gasteiger partial charge >= 0.3 is 5.97 Å². The first-order chi connectivity index (χ1) is 32.5. The summed E-state index contributed by atoms with van der Waals surface area (Å²) in [4.78, 5) is 26.1. The molecule has 0 rings (SSSR count). The number of aliphatic hydroxyl groups is 2. The van der Waals surface area contributed by atoms with E-state index in [4.69, 9.17) is 4.74 Å². The molecule has 0 aromatic rings. The Hall–Kier alpha value is -4.00. The molecule has 3 N–H and O–H groups in total. The van der Waals surface area contributed by atoms with Crippen LogP contribution in [0.2, 0.25) is 0 Å². The molecule has 1 amide bonds. The average Bonchev–Trinajstić information content (AvgIpc) is 3.31. The predicted octanol–water partition coefficient (Wildman–Crippen LogP) is 16.2. The summed E-state index contributed by atoms with van der Waals surface area (Å²) in [6.45, 7) is 6.20. The van der Waals surface area contributed by atoms with Crippen LogP contribution < -0.4 is 5.32 Å². The van der Waals surface area contributed by atoms with Gasteiger partial charge in [0, 0.05) is 6.42 Å². The number of carbonyl (C=O) groups excluding carboxylic acids is 2. The Balaban J connectivity index is 4.85. The number of esters is 1. The van der Waals surface area contributed by atoms with Gasteiger partial charge in [-0.1, -0.05) is 225 Å². The van der Waals surface area contributed by atoms with E-state index in [1.54, 1.807) is 0 Å². The zero-order chi connectivity index (χ0) is 48.1. The largest absolute Gasteiger partial charge is 0.462 e. The molecule has 0 aliphatic rings. The molecule has 6 nitrogen and oxygen atoms in total. The van der Waals surface area contributed by atoms with Crippen LogP contribution in [0.5, 0.6) is 0 Å². The molecule has 66 heavy (non-hydrogen) atoms. The maximum absolute atomic E-state index is 13.2. The fourth-order valence-electron chi connectivity index (χ4n) is 7.08. The van der Waals surface area contributed by atoms with E-state index in [0.29, 0.717) is 19.3 Å². The first-order valence-electron chi connectivity index (χ1n) is 26.4. The average molecular weight is 912 g/mol. The van der Waals surface area contributed by atoms with Crippen molar-refractivity contribution >= 4 is 11.9 Å². The van der Waals surface area contributed by atoms with Crippen LogP contribution in [0.4, 0.5) is 0 Å². The summed E-state index contributed by atoms with van der Waals surface area (Å²) in [5, 5.41) is 23.7. The monoisotopic (exact) mass is 912 g/mol. The lowest BCUT2D eigenvalue weighted by atomic mass is 10.0. The van der Waals surface area contributed by atoms with Gasteiger partial charge in [-0.2, -0.15) is 0 Å². The molecule has 0 heterocycles. The zero-order valence-electron chi connectivity index (χ0n) is 42.3. The maximum Gasteiger partial charge on any atom is 0.306 e. The normalized spacial score (nSPS) is 14.3. The van der Waals surface area contributed by atoms with E-state index in [2.05, 4.69) is 154 Å². The first kappa shape index (κ1) is 62.0. The van der Waals surface area contributed by atoms with Crippen molar-refractivity contribution < 1.29 is 24.5 Å². The Labute approximate surface area is 405 Å². The van der Waals surface area contributed by atoms with E-state index in [1.165, 1.54) is 51.4 Å². The second-order valence-corrected chi connectivity index (χ2v) is 17.2. The van der Waals surface area contributed by atoms with Crippen LogP contribution in [-0.4, -0.2) is 46.9 Å². The SMILES string of the molecule is CC/C=C\C/C=C\C/C=C\C/C=C\C/C=C\C/C=C\CCC(=O)OC(CCC/C=C\C/C=C\C/C=C\C/C=C\C/C=C\CC)CC(=O)NC(CO)C(O)CCCCCCCCCCCCC. The van der Waals surface area contributed by atoms with Crippen LogP contribution in [0.15, 0.2) is 134 Å². The number of aliphatic hydroxyl groups excluding tert-OH is 2. The van der Waals surface area contributed by atoms with E-state index in [1.807, 2.05) is 6.08 Å². The molecular weight excluding hydrogens is 815 g/mol. The molecule has 3 atom stereocenters. The second-order valence-electron chi connectivity index (χ2n) is 17.2. The molecule has 372 valence electrons. The van der Waals surface area contributed by atoms with Gasteiger partial charge in [-0.15, -0.1) is 0 Å². The highest BCUT2D eigenvalue weighted by atomic mass is 16.5. The van der Waals surface area contributed by atoms with Crippen molar-refractivity contribution in [3.63, 3.8) is 0 Å². The number of allylic oxidation sites excluding steroid dienone is 22. The fourth-order valence-corrected chi connectivity index (χ4v) is 7.08. The molecule has 0 saturated heterocycles. The molecule has 0 fully saturated rings. The van der Waals surface area contributed by atoms with Crippen LogP contribution in [0.25, 0.3) is 0 Å². The molecule has 0 radical (unpaired) electrons. The van der Waals surface area contributed by atoms with Gasteiger partial charge in [0.05, 0.1) is 25.2 Å². The number of unbranched alkanes of at least 4 members (excludes halogenated alkanes) is 11. The summed E-state index contributed by atoms with van der Waals surface area (Å²) in [5.41, 5.74) is 0. The molecule has 3 unspecified atom stereocenters. The van der Waals surface area contributed by atoms with Gasteiger partial charge in [0.2, 0.25) is 5.91 Å². The standard InChI is InChI=1S/C60H97NO5/c1-4-7-10-13-16-19-22-24-26-28-29-31-33-35-38-41-44-47-50-53-60(65)66-56(51-48-45-42-39-37-34-32-30-27-25-23-20-17-14-11-8-5-2)54-59(64)61-57(55-62)58(63)52-49-46-43-40-36-21-18-15-12-9-6-3/h7-8,10-11,16-17,19-20,24-27,29,31-32,34-35,38-39,42,44,47,56-58,62-63H,4-6,9,12-15,18,21-23,28,30,33,36-37,40-41,43,45-46,48-55H2,1-3H3,(H,61,64)/b10-7-,11-8-,19-16-,20-17-,26-24-,27-25-,31-29-,34-32-,38-35-,42-39-,47-44-. The number of hydrogen-bond acceptors (Lipinski definition) is 5. The van der Waals surface area contributed by atoms with Crippen LogP contribution >= 0.6 is 0 Å². The smallest absolute Gasteiger partial charge is 0.306 e. The Kier molecular flexibility index (Phi) is 48.8. The minimum atomic E-state index is -0.824. The van der Waals surface area contributed by atoms with Crippen molar-refractivity contribution in [2.45, 2.75) is 225 Å². The van der Waals surface area contributed by atoms with Crippen molar-refractivity contribution in [3.05, 3.63) is 134 Å². The van der Waals surface area contributed by atoms with Gasteiger partial charge in [0.15, 0.2) is 0 Å². The third-order valence-electron chi connectivity index (χ3n) is 11.0. The van der Waals surface area contributed by atoms with E-state index >= 15 is 0 Å². The molecule has 0 aliphatic carbocycles. The summed E-state index contributed by atoms with van der Waals surface area (Å²) < 4.78 is 5.87. The van der Waals surface area contributed by atoms with Crippen LogP contribution in [0.3, 0.4) is 0 Å². The molecule has 0 spiro atoms. The highest BCUT2D eigenvalue weighted by Gasteiger charge is 2.23. The van der Waals surface area contributed by atoms with E-state index in [9.17, 15) is 19.8 Å². The minimum absolute atomic E-state index is 0.00101. The van der Waals surface area contributed by atoms with Crippen molar-refractivity contribution in [2.75, 3.05) is 6.61 Å². The molecule has 0 aromatic heterocycles. The van der Waals surface area contributed by atoms with Gasteiger partial charge in [-0.3, -0.25) is 9.59 Å². The van der Waals surface area contributed by atoms with Crippen LogP contribution in [0.1, 0.15) is 207 Å². The second kappa shape index (κ2) is 52.0. The maximum atomic E-state index is 13.2. The van der Waals surface area contributed by atoms with Crippen molar-refractivity contribution in [2.24, 2.45) is 0 Å². The summed E-state index contributed by atoms with van der Waals surface area (Å²) >= 11 is 0. The lowest BCUT2D eigenvalue weighted by molar-refractivity contribution is -0.150. The number of hydrogen-bond donors (Lipinski definition) is 3. The molecule has 0 bridgehead atoms. The Morgan fingerprint density at radius 3 is 1.21 bits per heavy atom. The summed E-state index contributed by atoms with van der Waals surface area (Å²) in [6, 6.07) is -0.744. The first-order valence-corrected chi connectivity index (χ1v) is 26.4. The fraction of sp³-hybridized carbons (Fsp3) is 0.600. The number of amides is 1. The van der Waals surface area contributed by atoms with Crippen molar-refractivity contribution in [1.82, 2.24) is 5.32 Å². The van der Waals surface area contributed by atoms with E-state index < -0.39 is 18.2 Å². The molecule has 0 aromatic carbocycles. The topological polar surface area (TPSA) is 95.9 Å². The summed E-state index contributed by atoms with van der Waals surface area (Å²) in [7, 11) is 0. The molecule has 6 heteroatoms. The Morgan fingerprint density at radius 1 is 0.455 bits per heavy atom. The van der Waals surface area contributed by atoms with Gasteiger partial charge in [0.1, 0.15) is 6.10 Å². The predicted molar refractivity (Wildman–Crippen MR) is 286 cm³/mol. The van der Waals surface area contributed by atoms with Crippen molar-refractivity contribution in [3.8, 4) is 0 Å². The highest BCUT2D eigenvalue weighted by molar-refractivity contribution is 5.77. The zero-order valence-corrected chi connectivity index (χ0v) is 42.3. The summed E-state index contributed by atoms with van der Waals surface area (Å²) in [5.74, 6) is -0.644. The third-order valence-corrected chi connectivity index (χ3v) is 11.0. The lowest BCUT2D eigenvalue weighted by Crippen LogP contribution is -2.46. The highest BCUT2D eigenvalue weighted by Crippen LogP contribution is 2.16. The molecule has 0 aliphatic heterocycles. The lowest BCUT2D eigenvalue weighted by Gasteiger charge is -2.24. The Morgan fingerprint density at radius 2 is 0.818 bits per heavy atom. The van der Waals surface area contributed by atoms with Gasteiger partial charge in [-0.05, 0) is 103 Å². The van der Waals surface area contributed by atoms with Crippen molar-refractivity contribution in [1.29, 1.82) is 0 Å². The van der Waals surface area contributed by atoms with Gasteiger partial charge in [-0.25, -0.2) is 0 Å². The summed E-state index contributed by atoms with van der Waals surface area (Å²) in [6.07, 6.45) is 73.8. The van der Waals surface area contributed by atoms with Gasteiger partial charge in [0.25, 0.3) is 0 Å². The number of ether oxygens (including phenoxy) is 1. The Bertz CT molecular complexity index is 1440. The minimum Gasteiger partial charge on any atom is -0.462 e.